The Balaban J connectivity index is 1.56. The van der Waals surface area contributed by atoms with Gasteiger partial charge in [0.05, 0.1) is 48.1 Å². The quantitative estimate of drug-likeness (QED) is 0.438. The number of aliphatic hydroxyl groups is 1. The lowest BCUT2D eigenvalue weighted by Crippen LogP contribution is -2.32. The number of benzene rings is 2. The maximum atomic E-state index is 14.0. The van der Waals surface area contributed by atoms with Gasteiger partial charge in [-0.2, -0.15) is 0 Å². The Hall–Kier alpha value is -3.62. The molecule has 0 aliphatic carbocycles. The highest BCUT2D eigenvalue weighted by Gasteiger charge is 2.27. The van der Waals surface area contributed by atoms with Gasteiger partial charge in [0.1, 0.15) is 23.4 Å². The minimum absolute atomic E-state index is 0.107. The van der Waals surface area contributed by atoms with Crippen LogP contribution in [-0.4, -0.2) is 32.9 Å². The van der Waals surface area contributed by atoms with Crippen molar-refractivity contribution in [3.63, 3.8) is 0 Å². The predicted octanol–water partition coefficient (Wildman–Crippen LogP) is 4.60. The summed E-state index contributed by atoms with van der Waals surface area (Å²) in [4.78, 5) is 17.8. The van der Waals surface area contributed by atoms with Crippen LogP contribution in [0.5, 0.6) is 11.5 Å². The third kappa shape index (κ3) is 4.31. The van der Waals surface area contributed by atoms with E-state index in [1.54, 1.807) is 30.6 Å². The van der Waals surface area contributed by atoms with Crippen LogP contribution in [0.3, 0.4) is 0 Å². The zero-order valence-electron chi connectivity index (χ0n) is 19.1. The van der Waals surface area contributed by atoms with Crippen LogP contribution in [0.15, 0.2) is 66.0 Å². The minimum Gasteiger partial charge on any atom is -0.495 e. The summed E-state index contributed by atoms with van der Waals surface area (Å²) in [5.41, 5.74) is 2.31. The highest BCUT2D eigenvalue weighted by Crippen LogP contribution is 2.36. The number of nitrogens with zero attached hydrogens (tertiary/aromatic N) is 3. The number of methoxy groups -OCH3 is 1. The van der Waals surface area contributed by atoms with E-state index in [4.69, 9.17) is 21.1 Å². The smallest absolute Gasteiger partial charge is 0.257 e. The fourth-order valence-corrected chi connectivity index (χ4v) is 4.68. The lowest BCUT2D eigenvalue weighted by molar-refractivity contribution is 0.215. The molecule has 5 rings (SSSR count). The van der Waals surface area contributed by atoms with Crippen molar-refractivity contribution in [2.24, 2.45) is 0 Å². The van der Waals surface area contributed by atoms with E-state index in [0.29, 0.717) is 35.7 Å². The van der Waals surface area contributed by atoms with Crippen LogP contribution in [0.4, 0.5) is 4.39 Å². The number of halogens is 2. The SMILES string of the molecule is COc1cc(C(O)c2cc(Cl)cn(C3CCOc4ccc(F)cc43)c2=O)ccc1-n1cnc(C)c1. The van der Waals surface area contributed by atoms with Crippen molar-refractivity contribution in [2.75, 3.05) is 13.7 Å². The second kappa shape index (κ2) is 9.20. The molecular weight excluding hydrogens is 473 g/mol. The van der Waals surface area contributed by atoms with E-state index >= 15 is 0 Å². The highest BCUT2D eigenvalue weighted by molar-refractivity contribution is 6.30. The summed E-state index contributed by atoms with van der Waals surface area (Å²) in [5, 5.41) is 11.5. The molecule has 9 heteroatoms. The second-order valence-corrected chi connectivity index (χ2v) is 8.85. The number of pyridine rings is 1. The summed E-state index contributed by atoms with van der Waals surface area (Å²) in [5.74, 6) is 0.608. The van der Waals surface area contributed by atoms with Crippen LogP contribution in [0.2, 0.25) is 5.02 Å². The summed E-state index contributed by atoms with van der Waals surface area (Å²) in [6, 6.07) is 10.4. The average molecular weight is 496 g/mol. The number of fused-ring (bicyclic) bond motifs is 1. The third-order valence-electron chi connectivity index (χ3n) is 6.16. The Bertz CT molecular complexity index is 1470. The van der Waals surface area contributed by atoms with Crippen molar-refractivity contribution in [3.8, 4) is 17.2 Å². The van der Waals surface area contributed by atoms with Gasteiger partial charge in [-0.1, -0.05) is 17.7 Å². The summed E-state index contributed by atoms with van der Waals surface area (Å²) >= 11 is 6.39. The molecule has 0 fully saturated rings. The largest absolute Gasteiger partial charge is 0.495 e. The van der Waals surface area contributed by atoms with Crippen LogP contribution < -0.4 is 15.0 Å². The molecule has 0 bridgehead atoms. The average Bonchev–Trinajstić information content (AvgIpc) is 3.30. The van der Waals surface area contributed by atoms with Crippen LogP contribution in [0, 0.1) is 12.7 Å². The molecule has 2 unspecified atom stereocenters. The van der Waals surface area contributed by atoms with Crippen molar-refractivity contribution in [3.05, 3.63) is 105 Å². The summed E-state index contributed by atoms with van der Waals surface area (Å²) in [6.45, 7) is 2.25. The van der Waals surface area contributed by atoms with Crippen LogP contribution in [-0.2, 0) is 0 Å². The third-order valence-corrected chi connectivity index (χ3v) is 6.36. The molecule has 0 saturated heterocycles. The van der Waals surface area contributed by atoms with Gasteiger partial charge in [0, 0.05) is 24.4 Å². The van der Waals surface area contributed by atoms with Crippen LogP contribution >= 0.6 is 11.6 Å². The molecule has 4 aromatic rings. The number of aromatic nitrogens is 3. The summed E-state index contributed by atoms with van der Waals surface area (Å²) in [7, 11) is 1.53. The van der Waals surface area contributed by atoms with Gasteiger partial charge in [-0.05, 0) is 48.9 Å². The molecule has 2 atom stereocenters. The van der Waals surface area contributed by atoms with Crippen molar-refractivity contribution in [1.29, 1.82) is 0 Å². The molecule has 2 aromatic heterocycles. The molecule has 0 amide bonds. The lowest BCUT2D eigenvalue weighted by atomic mass is 9.98. The van der Waals surface area contributed by atoms with Gasteiger partial charge in [-0.3, -0.25) is 4.79 Å². The molecule has 0 radical (unpaired) electrons. The Morgan fingerprint density at radius 3 is 2.80 bits per heavy atom. The Labute approximate surface area is 206 Å². The fourth-order valence-electron chi connectivity index (χ4n) is 4.46. The van der Waals surface area contributed by atoms with Crippen molar-refractivity contribution < 1.29 is 19.0 Å². The molecule has 35 heavy (non-hydrogen) atoms. The number of rotatable bonds is 5. The molecule has 7 nitrogen and oxygen atoms in total. The normalized spacial score (nSPS) is 15.9. The van der Waals surface area contributed by atoms with Gasteiger partial charge >= 0.3 is 0 Å². The first-order valence-corrected chi connectivity index (χ1v) is 11.4. The van der Waals surface area contributed by atoms with E-state index in [2.05, 4.69) is 4.98 Å². The Morgan fingerprint density at radius 2 is 2.06 bits per heavy atom. The van der Waals surface area contributed by atoms with E-state index in [9.17, 15) is 14.3 Å². The first-order valence-electron chi connectivity index (χ1n) is 11.1. The molecule has 0 saturated carbocycles. The second-order valence-electron chi connectivity index (χ2n) is 8.42. The van der Waals surface area contributed by atoms with Crippen molar-refractivity contribution >= 4 is 11.6 Å². The molecule has 1 N–H and O–H groups in total. The number of imidazole rings is 1. The first-order chi connectivity index (χ1) is 16.9. The van der Waals surface area contributed by atoms with Crippen LogP contribution in [0.1, 0.15) is 41.0 Å². The molecule has 0 spiro atoms. The number of hydrogen-bond acceptors (Lipinski definition) is 5. The summed E-state index contributed by atoms with van der Waals surface area (Å²) < 4.78 is 28.4. The van der Waals surface area contributed by atoms with E-state index in [1.807, 2.05) is 17.7 Å². The molecule has 1 aliphatic rings. The number of aliphatic hydroxyl groups excluding tert-OH is 1. The van der Waals surface area contributed by atoms with E-state index < -0.39 is 23.5 Å². The number of ether oxygens (including phenoxy) is 2. The van der Waals surface area contributed by atoms with Gasteiger partial charge in [-0.25, -0.2) is 9.37 Å². The maximum absolute atomic E-state index is 14.0. The molecular formula is C26H23ClFN3O4. The fraction of sp³-hybridized carbons (Fsp3) is 0.231. The topological polar surface area (TPSA) is 78.5 Å². The number of aryl methyl sites for hydroxylation is 1. The van der Waals surface area contributed by atoms with Crippen molar-refractivity contribution in [1.82, 2.24) is 14.1 Å². The van der Waals surface area contributed by atoms with E-state index in [0.717, 1.165) is 11.4 Å². The van der Waals surface area contributed by atoms with Crippen molar-refractivity contribution in [2.45, 2.75) is 25.5 Å². The first kappa shape index (κ1) is 23.1. The zero-order valence-corrected chi connectivity index (χ0v) is 19.9. The lowest BCUT2D eigenvalue weighted by Gasteiger charge is -2.28. The van der Waals surface area contributed by atoms with Crippen LogP contribution in [0.25, 0.3) is 5.69 Å². The van der Waals surface area contributed by atoms with E-state index in [-0.39, 0.29) is 10.6 Å². The molecule has 2 aromatic carbocycles. The van der Waals surface area contributed by atoms with E-state index in [1.165, 1.54) is 36.1 Å². The van der Waals surface area contributed by atoms with Gasteiger partial charge in [-0.15, -0.1) is 0 Å². The standard InChI is InChI=1S/C26H23ClFN3O4/c1-15-12-30(14-29-15)22-5-3-16(9-24(22)34-2)25(32)20-10-17(27)13-31(26(20)33)21-7-8-35-23-6-4-18(28)11-19(21)23/h3-6,9-14,21,25,32H,7-8H2,1-2H3. The monoisotopic (exact) mass is 495 g/mol. The molecule has 1 aliphatic heterocycles. The van der Waals surface area contributed by atoms with Gasteiger partial charge in [0.15, 0.2) is 0 Å². The minimum atomic E-state index is -1.26. The molecule has 180 valence electrons. The number of hydrogen-bond donors (Lipinski definition) is 1. The Morgan fingerprint density at radius 1 is 1.23 bits per heavy atom. The zero-order chi connectivity index (χ0) is 24.7. The maximum Gasteiger partial charge on any atom is 0.257 e. The van der Waals surface area contributed by atoms with Gasteiger partial charge < -0.3 is 23.7 Å². The predicted molar refractivity (Wildman–Crippen MR) is 129 cm³/mol. The Kier molecular flexibility index (Phi) is 6.08. The summed E-state index contributed by atoms with van der Waals surface area (Å²) in [6.07, 6.45) is 4.24. The highest BCUT2D eigenvalue weighted by atomic mass is 35.5. The van der Waals surface area contributed by atoms with Gasteiger partial charge in [0.2, 0.25) is 0 Å². The molecule has 3 heterocycles. The van der Waals surface area contributed by atoms with Gasteiger partial charge in [0.25, 0.3) is 5.56 Å².